The van der Waals surface area contributed by atoms with E-state index in [0.29, 0.717) is 12.1 Å². The number of aliphatic hydroxyl groups excluding tert-OH is 1. The molecule has 2 aromatic rings. The number of rotatable bonds is 12. The number of carbonyl (C=O) groups is 1. The van der Waals surface area contributed by atoms with Gasteiger partial charge in [-0.15, -0.1) is 10.2 Å². The molecular weight excluding hydrogens is 480 g/mol. The van der Waals surface area contributed by atoms with E-state index in [1.54, 1.807) is 30.3 Å². The number of hydrogen-bond donors (Lipinski definition) is 4. The van der Waals surface area contributed by atoms with E-state index in [9.17, 15) is 23.4 Å². The summed E-state index contributed by atoms with van der Waals surface area (Å²) in [7, 11) is -3.94. The van der Waals surface area contributed by atoms with E-state index in [4.69, 9.17) is 11.6 Å². The van der Waals surface area contributed by atoms with Gasteiger partial charge in [-0.3, -0.25) is 4.79 Å². The zero-order chi connectivity index (χ0) is 25.1. The quantitative estimate of drug-likeness (QED) is 0.124. The number of halogens is 1. The van der Waals surface area contributed by atoms with Crippen LogP contribution in [0, 0.1) is 0 Å². The summed E-state index contributed by atoms with van der Waals surface area (Å²) in [5.74, 6) is -1.62. The van der Waals surface area contributed by atoms with Gasteiger partial charge in [0.25, 0.3) is 5.91 Å². The van der Waals surface area contributed by atoms with Crippen molar-refractivity contribution in [3.05, 3.63) is 58.9 Å². The number of nitrogens with one attached hydrogen (secondary N) is 2. The highest BCUT2D eigenvalue weighted by atomic mass is 35.5. The third-order valence-electron chi connectivity index (χ3n) is 4.74. The fourth-order valence-corrected chi connectivity index (χ4v) is 4.54. The normalized spacial score (nSPS) is 12.6. The molecule has 11 heteroatoms. The summed E-state index contributed by atoms with van der Waals surface area (Å²) in [4.78, 5) is 12.1. The maximum absolute atomic E-state index is 12.6. The third kappa shape index (κ3) is 8.12. The van der Waals surface area contributed by atoms with E-state index in [0.717, 1.165) is 37.8 Å². The molecule has 1 amide bonds. The molecule has 0 heterocycles. The number of amides is 1. The van der Waals surface area contributed by atoms with Crippen molar-refractivity contribution in [1.29, 1.82) is 0 Å². The van der Waals surface area contributed by atoms with Gasteiger partial charge in [0, 0.05) is 18.3 Å². The van der Waals surface area contributed by atoms with Gasteiger partial charge >= 0.3 is 0 Å². The number of sulfonamides is 1. The molecule has 0 unspecified atom stereocenters. The number of azo groups is 1. The lowest BCUT2D eigenvalue weighted by Gasteiger charge is -2.10. The fourth-order valence-electron chi connectivity index (χ4n) is 2.93. The van der Waals surface area contributed by atoms with Gasteiger partial charge in [-0.2, -0.15) is 0 Å². The number of hydrogen-bond acceptors (Lipinski definition) is 7. The van der Waals surface area contributed by atoms with Crippen molar-refractivity contribution >= 4 is 38.9 Å². The number of anilines is 1. The fraction of sp³-hybridized carbons (Fsp3) is 0.348. The zero-order valence-corrected chi connectivity index (χ0v) is 20.7. The number of phenols is 1. The predicted molar refractivity (Wildman–Crippen MR) is 132 cm³/mol. The average Bonchev–Trinajstić information content (AvgIpc) is 2.78. The van der Waals surface area contributed by atoms with E-state index < -0.39 is 27.4 Å². The molecule has 0 bridgehead atoms. The number of phenolic OH excluding ortho intramolecular Hbond substituents is 1. The monoisotopic (exact) mass is 508 g/mol. The maximum Gasteiger partial charge on any atom is 0.279 e. The first-order chi connectivity index (χ1) is 16.2. The lowest BCUT2D eigenvalue weighted by Crippen LogP contribution is -2.25. The second-order valence-electron chi connectivity index (χ2n) is 7.54. The molecule has 0 aliphatic heterocycles. The van der Waals surface area contributed by atoms with Crippen LogP contribution in [0.25, 0.3) is 0 Å². The van der Waals surface area contributed by atoms with Gasteiger partial charge in [0.15, 0.2) is 5.70 Å². The minimum atomic E-state index is -3.94. The van der Waals surface area contributed by atoms with Crippen LogP contribution in [0.3, 0.4) is 0 Å². The first kappa shape index (κ1) is 27.3. The Morgan fingerprint density at radius 3 is 2.41 bits per heavy atom. The summed E-state index contributed by atoms with van der Waals surface area (Å²) in [5, 5.41) is 30.0. The Kier molecular flexibility index (Phi) is 10.5. The molecule has 34 heavy (non-hydrogen) atoms. The van der Waals surface area contributed by atoms with Gasteiger partial charge in [-0.1, -0.05) is 62.4 Å². The highest BCUT2D eigenvalue weighted by Crippen LogP contribution is 2.35. The molecule has 184 valence electrons. The van der Waals surface area contributed by atoms with Crippen LogP contribution in [0.2, 0.25) is 5.02 Å². The number of nitrogens with zero attached hydrogens (tertiary/aromatic N) is 2. The number of aliphatic hydroxyl groups is 1. The smallest absolute Gasteiger partial charge is 0.279 e. The molecule has 0 atom stereocenters. The van der Waals surface area contributed by atoms with E-state index in [2.05, 4.69) is 27.2 Å². The molecule has 9 nitrogen and oxygen atoms in total. The van der Waals surface area contributed by atoms with Crippen LogP contribution in [0.4, 0.5) is 11.4 Å². The Morgan fingerprint density at radius 1 is 1.09 bits per heavy atom. The van der Waals surface area contributed by atoms with E-state index >= 15 is 0 Å². The van der Waals surface area contributed by atoms with Gasteiger partial charge in [0.2, 0.25) is 10.0 Å². The molecule has 0 aliphatic carbocycles. The SMILES string of the molecule is CCCCCCCNS(=O)(=O)c1cc(O)c(N=NC(C(=O)Nc2ccccc2)=C(C)O)cc1Cl. The summed E-state index contributed by atoms with van der Waals surface area (Å²) in [6.45, 7) is 3.61. The van der Waals surface area contributed by atoms with Crippen molar-refractivity contribution in [2.45, 2.75) is 50.8 Å². The average molecular weight is 509 g/mol. The molecule has 2 aromatic carbocycles. The Morgan fingerprint density at radius 2 is 1.76 bits per heavy atom. The number of carbonyl (C=O) groups excluding carboxylic acids is 1. The Bertz CT molecular complexity index is 1150. The molecule has 0 spiro atoms. The minimum Gasteiger partial charge on any atom is -0.510 e. The largest absolute Gasteiger partial charge is 0.510 e. The highest BCUT2D eigenvalue weighted by molar-refractivity contribution is 7.89. The summed E-state index contributed by atoms with van der Waals surface area (Å²) in [6, 6.07) is 10.6. The molecule has 0 saturated heterocycles. The summed E-state index contributed by atoms with van der Waals surface area (Å²) in [5.41, 5.74) is -0.0737. The Hall–Kier alpha value is -2.95. The molecule has 2 rings (SSSR count). The molecule has 0 aliphatic rings. The minimum absolute atomic E-state index is 0.172. The topological polar surface area (TPSA) is 140 Å². The van der Waals surface area contributed by atoms with Crippen LogP contribution >= 0.6 is 11.6 Å². The van der Waals surface area contributed by atoms with Gasteiger partial charge in [0.1, 0.15) is 22.1 Å². The predicted octanol–water partition coefficient (Wildman–Crippen LogP) is 5.81. The van der Waals surface area contributed by atoms with Crippen molar-refractivity contribution in [1.82, 2.24) is 4.72 Å². The van der Waals surface area contributed by atoms with Crippen LogP contribution < -0.4 is 10.0 Å². The lowest BCUT2D eigenvalue weighted by atomic mass is 10.2. The number of aromatic hydroxyl groups is 1. The van der Waals surface area contributed by atoms with Gasteiger partial charge in [-0.25, -0.2) is 13.1 Å². The van der Waals surface area contributed by atoms with Gasteiger partial charge in [-0.05, 0) is 31.5 Å². The maximum atomic E-state index is 12.6. The number of allylic oxidation sites excluding steroid dienone is 1. The summed E-state index contributed by atoms with van der Waals surface area (Å²) >= 11 is 6.14. The Balaban J connectivity index is 2.15. The molecule has 0 fully saturated rings. The summed E-state index contributed by atoms with van der Waals surface area (Å²) in [6.07, 6.45) is 4.83. The number of unbranched alkanes of at least 4 members (excludes halogenated alkanes) is 4. The van der Waals surface area contributed by atoms with Crippen molar-refractivity contribution in [3.8, 4) is 5.75 Å². The third-order valence-corrected chi connectivity index (χ3v) is 6.66. The van der Waals surface area contributed by atoms with E-state index in [-0.39, 0.29) is 27.8 Å². The van der Waals surface area contributed by atoms with Crippen LogP contribution in [-0.2, 0) is 14.8 Å². The number of para-hydroxylation sites is 1. The molecular formula is C23H29ClN4O5S. The second-order valence-corrected chi connectivity index (χ2v) is 9.68. The number of benzene rings is 2. The molecule has 0 saturated carbocycles. The molecule has 0 aromatic heterocycles. The molecule has 0 radical (unpaired) electrons. The van der Waals surface area contributed by atoms with Crippen LogP contribution in [0.1, 0.15) is 46.0 Å². The standard InChI is InChI=1S/C23H29ClN4O5S/c1-3-4-5-6-10-13-25-34(32,33)21-15-20(30)19(14-18(21)24)27-28-22(16(2)29)23(31)26-17-11-8-7-9-12-17/h7-9,11-12,14-15,25,29-30H,3-6,10,13H2,1-2H3,(H,26,31). The zero-order valence-electron chi connectivity index (χ0n) is 19.1. The van der Waals surface area contributed by atoms with Crippen molar-refractivity contribution in [3.63, 3.8) is 0 Å². The van der Waals surface area contributed by atoms with Crippen LogP contribution in [-0.4, -0.2) is 31.1 Å². The van der Waals surface area contributed by atoms with Crippen LogP contribution in [0.15, 0.2) is 69.0 Å². The molecule has 4 N–H and O–H groups in total. The second kappa shape index (κ2) is 13.1. The van der Waals surface area contributed by atoms with Crippen molar-refractivity contribution < 1.29 is 23.4 Å². The van der Waals surface area contributed by atoms with E-state index in [1.165, 1.54) is 6.92 Å². The lowest BCUT2D eigenvalue weighted by molar-refractivity contribution is -0.113. The van der Waals surface area contributed by atoms with Gasteiger partial charge in [0.05, 0.1) is 5.02 Å². The van der Waals surface area contributed by atoms with Crippen LogP contribution in [0.5, 0.6) is 5.75 Å². The highest BCUT2D eigenvalue weighted by Gasteiger charge is 2.21. The van der Waals surface area contributed by atoms with Crippen molar-refractivity contribution in [2.24, 2.45) is 10.2 Å². The summed E-state index contributed by atoms with van der Waals surface area (Å²) < 4.78 is 27.6. The first-order valence-electron chi connectivity index (χ1n) is 10.9. The van der Waals surface area contributed by atoms with Crippen molar-refractivity contribution in [2.75, 3.05) is 11.9 Å². The van der Waals surface area contributed by atoms with E-state index in [1.807, 2.05) is 0 Å². The first-order valence-corrected chi connectivity index (χ1v) is 12.7. The van der Waals surface area contributed by atoms with Gasteiger partial charge < -0.3 is 15.5 Å². The Labute approximate surface area is 204 Å².